The van der Waals surface area contributed by atoms with Crippen LogP contribution in [0.3, 0.4) is 0 Å². The lowest BCUT2D eigenvalue weighted by Gasteiger charge is -2.15. The molecule has 0 aliphatic carbocycles. The molecule has 5 aromatic rings. The number of aromatic amines is 1. The minimum Gasteiger partial charge on any atom is -0.282 e. The zero-order chi connectivity index (χ0) is 24.8. The molecule has 5 rings (SSSR count). The third kappa shape index (κ3) is 4.21. The fourth-order valence-corrected chi connectivity index (χ4v) is 6.29. The molecule has 0 spiro atoms. The number of H-pyrrole nitrogens is 1. The number of nitrogens with zero attached hydrogens (tertiary/aromatic N) is 2. The van der Waals surface area contributed by atoms with Crippen LogP contribution < -0.4 is 0 Å². The Balaban J connectivity index is 1.86. The van der Waals surface area contributed by atoms with Crippen molar-refractivity contribution in [3.8, 4) is 11.1 Å². The van der Waals surface area contributed by atoms with Crippen molar-refractivity contribution in [2.75, 3.05) is 0 Å². The van der Waals surface area contributed by atoms with Gasteiger partial charge in [0.1, 0.15) is 20.8 Å². The average Bonchev–Trinajstić information content (AvgIpc) is 3.31. The topological polar surface area (TPSA) is 150 Å². The lowest BCUT2D eigenvalue weighted by molar-refractivity contribution is 0.466. The monoisotopic (exact) mass is 507 g/mol. The van der Waals surface area contributed by atoms with Crippen molar-refractivity contribution in [3.63, 3.8) is 0 Å². The molecule has 1 heterocycles. The van der Waals surface area contributed by atoms with Gasteiger partial charge in [0.25, 0.3) is 20.2 Å². The lowest BCUT2D eigenvalue weighted by atomic mass is 9.97. The van der Waals surface area contributed by atoms with Crippen LogP contribution in [-0.2, 0) is 20.2 Å². The normalized spacial score (nSPS) is 12.6. The van der Waals surface area contributed by atoms with E-state index in [2.05, 4.69) is 15.4 Å². The second kappa shape index (κ2) is 8.40. The molecule has 0 radical (unpaired) electrons. The number of fused-ring (bicyclic) bond motifs is 3. The highest BCUT2D eigenvalue weighted by atomic mass is 32.2. The largest absolute Gasteiger partial charge is 0.296 e. The highest BCUT2D eigenvalue weighted by molar-refractivity contribution is 7.89. The van der Waals surface area contributed by atoms with Crippen molar-refractivity contribution in [2.24, 2.45) is 0 Å². The molecule has 0 saturated heterocycles. The Kier molecular flexibility index (Phi) is 5.49. The molecule has 176 valence electrons. The van der Waals surface area contributed by atoms with Gasteiger partial charge in [-0.3, -0.25) is 9.11 Å². The van der Waals surface area contributed by atoms with E-state index in [1.807, 2.05) is 12.1 Å². The van der Waals surface area contributed by atoms with Crippen LogP contribution in [0.25, 0.3) is 45.1 Å². The van der Waals surface area contributed by atoms with Gasteiger partial charge < -0.3 is 0 Å². The van der Waals surface area contributed by atoms with E-state index >= 15 is 0 Å². The van der Waals surface area contributed by atoms with Gasteiger partial charge in [-0.2, -0.15) is 32.2 Å². The van der Waals surface area contributed by atoms with Gasteiger partial charge in [0.15, 0.2) is 0 Å². The van der Waals surface area contributed by atoms with Crippen LogP contribution in [0.2, 0.25) is 0 Å². The molecule has 0 saturated carbocycles. The van der Waals surface area contributed by atoms with Crippen molar-refractivity contribution in [1.82, 2.24) is 15.4 Å². The smallest absolute Gasteiger partial charge is 0.282 e. The maximum atomic E-state index is 12.6. The van der Waals surface area contributed by atoms with E-state index in [1.165, 1.54) is 18.2 Å². The fourth-order valence-electron chi connectivity index (χ4n) is 4.07. The first-order chi connectivity index (χ1) is 16.6. The van der Waals surface area contributed by atoms with Crippen molar-refractivity contribution >= 4 is 54.2 Å². The average molecular weight is 508 g/mol. The highest BCUT2D eigenvalue weighted by Gasteiger charge is 2.31. The Labute approximate surface area is 200 Å². The summed E-state index contributed by atoms with van der Waals surface area (Å²) in [5, 5.41) is 12.2. The van der Waals surface area contributed by atoms with Crippen LogP contribution in [-0.4, -0.2) is 41.4 Å². The Morgan fingerprint density at radius 3 is 2.06 bits per heavy atom. The van der Waals surface area contributed by atoms with Gasteiger partial charge in [0, 0.05) is 16.5 Å². The summed E-state index contributed by atoms with van der Waals surface area (Å²) in [6, 6.07) is 20.4. The maximum absolute atomic E-state index is 12.6. The Morgan fingerprint density at radius 1 is 0.686 bits per heavy atom. The zero-order valence-corrected chi connectivity index (χ0v) is 19.5. The number of nitrogens with one attached hydrogen (secondary N) is 1. The van der Waals surface area contributed by atoms with Crippen molar-refractivity contribution < 1.29 is 25.9 Å². The van der Waals surface area contributed by atoms with Gasteiger partial charge in [-0.15, -0.1) is 0 Å². The summed E-state index contributed by atoms with van der Waals surface area (Å²) >= 11 is 0. The number of hydrogen-bond donors (Lipinski definition) is 3. The molecule has 0 bridgehead atoms. The second-order valence-corrected chi connectivity index (χ2v) is 10.4. The summed E-state index contributed by atoms with van der Waals surface area (Å²) in [6.07, 6.45) is 2.91. The Morgan fingerprint density at radius 2 is 1.34 bits per heavy atom. The number of benzene rings is 4. The molecule has 1 aromatic heterocycles. The third-order valence-electron chi connectivity index (χ3n) is 5.52. The molecule has 0 aliphatic heterocycles. The SMILES string of the molecule is O=S(=O)(O)c1c(C=Cc2ccccc2)ccc(-c2cc3ccccc3c3n[nH]nc23)c1S(=O)(=O)O. The molecule has 9 nitrogen and oxygen atoms in total. The molecular weight excluding hydrogens is 490 g/mol. The van der Waals surface area contributed by atoms with Gasteiger partial charge in [-0.1, -0.05) is 78.9 Å². The minimum atomic E-state index is -5.14. The molecule has 35 heavy (non-hydrogen) atoms. The van der Waals surface area contributed by atoms with Crippen LogP contribution in [0.4, 0.5) is 0 Å². The van der Waals surface area contributed by atoms with E-state index in [4.69, 9.17) is 0 Å². The molecule has 4 aromatic carbocycles. The first-order valence-corrected chi connectivity index (χ1v) is 13.1. The minimum absolute atomic E-state index is 0.120. The summed E-state index contributed by atoms with van der Waals surface area (Å²) in [6.45, 7) is 0. The van der Waals surface area contributed by atoms with E-state index in [1.54, 1.807) is 54.6 Å². The first kappa shape index (κ1) is 22.9. The predicted octanol–water partition coefficient (Wildman–Crippen LogP) is 4.44. The lowest BCUT2D eigenvalue weighted by Crippen LogP contribution is -2.12. The standard InChI is InChI=1S/C24H17N3O6S2/c28-34(29,30)23-16(11-10-15-6-2-1-3-7-15)12-13-19(24(23)35(31,32)33)20-14-17-8-4-5-9-18(17)21-22(20)26-27-25-21/h1-14H,(H,25,26,27)(H,28,29,30)(H,31,32,33). The van der Waals surface area contributed by atoms with E-state index in [-0.39, 0.29) is 22.2 Å². The van der Waals surface area contributed by atoms with E-state index in [0.29, 0.717) is 16.5 Å². The van der Waals surface area contributed by atoms with Crippen molar-refractivity contribution in [3.05, 3.63) is 83.9 Å². The summed E-state index contributed by atoms with van der Waals surface area (Å²) < 4.78 is 70.3. The molecule has 0 fully saturated rings. The molecule has 0 unspecified atom stereocenters. The van der Waals surface area contributed by atoms with E-state index in [9.17, 15) is 25.9 Å². The van der Waals surface area contributed by atoms with Gasteiger partial charge >= 0.3 is 0 Å². The van der Waals surface area contributed by atoms with Crippen LogP contribution >= 0.6 is 0 Å². The van der Waals surface area contributed by atoms with Crippen LogP contribution in [0.15, 0.2) is 82.6 Å². The van der Waals surface area contributed by atoms with Crippen LogP contribution in [0.1, 0.15) is 11.1 Å². The third-order valence-corrected chi connectivity index (χ3v) is 7.55. The predicted molar refractivity (Wildman–Crippen MR) is 132 cm³/mol. The van der Waals surface area contributed by atoms with E-state index < -0.39 is 30.0 Å². The highest BCUT2D eigenvalue weighted by Crippen LogP contribution is 2.40. The molecule has 0 amide bonds. The maximum Gasteiger partial charge on any atom is 0.296 e. The summed E-state index contributed by atoms with van der Waals surface area (Å²) in [4.78, 5) is -1.88. The molecule has 0 aliphatic rings. The summed E-state index contributed by atoms with van der Waals surface area (Å²) in [5.41, 5.74) is 1.35. The van der Waals surface area contributed by atoms with Gasteiger partial charge in [0.2, 0.25) is 0 Å². The molecule has 3 N–H and O–H groups in total. The Hall–Kier alpha value is -3.90. The number of rotatable bonds is 5. The van der Waals surface area contributed by atoms with Crippen LogP contribution in [0.5, 0.6) is 0 Å². The molecular formula is C24H17N3O6S2. The summed E-state index contributed by atoms with van der Waals surface area (Å²) in [7, 11) is -10.2. The van der Waals surface area contributed by atoms with Gasteiger partial charge in [-0.05, 0) is 22.6 Å². The zero-order valence-electron chi connectivity index (χ0n) is 17.8. The van der Waals surface area contributed by atoms with Gasteiger partial charge in [-0.25, -0.2) is 0 Å². The second-order valence-electron chi connectivity index (χ2n) is 7.72. The number of aromatic nitrogens is 3. The van der Waals surface area contributed by atoms with E-state index in [0.717, 1.165) is 5.39 Å². The van der Waals surface area contributed by atoms with Gasteiger partial charge in [0.05, 0.1) is 0 Å². The molecule has 0 atom stereocenters. The number of hydrogen-bond acceptors (Lipinski definition) is 6. The van der Waals surface area contributed by atoms with Crippen molar-refractivity contribution in [2.45, 2.75) is 9.79 Å². The van der Waals surface area contributed by atoms with Crippen molar-refractivity contribution in [1.29, 1.82) is 0 Å². The van der Waals surface area contributed by atoms with Crippen LogP contribution in [0, 0.1) is 0 Å². The first-order valence-electron chi connectivity index (χ1n) is 10.2. The molecule has 11 heteroatoms. The quantitative estimate of drug-likeness (QED) is 0.233. The fraction of sp³-hybridized carbons (Fsp3) is 0. The Bertz CT molecular complexity index is 1850. The summed E-state index contributed by atoms with van der Waals surface area (Å²) in [5.74, 6) is 0.